The predicted molar refractivity (Wildman–Crippen MR) is 94.5 cm³/mol. The standard InChI is InChI=1S/C16H16ClN3O4S/c1-18-13(21)7-20(2)14(22)8-24-16(23)12-9-25-15(19-12)10-4-3-5-11(17)6-10/h3-6,9H,7-8H2,1-2H3,(H,18,21). The third-order valence-corrected chi connectivity index (χ3v) is 4.32. The number of halogens is 1. The minimum atomic E-state index is -0.703. The smallest absolute Gasteiger partial charge is 0.358 e. The minimum Gasteiger partial charge on any atom is -0.451 e. The lowest BCUT2D eigenvalue weighted by atomic mass is 10.2. The van der Waals surface area contributed by atoms with Crippen LogP contribution in [0.5, 0.6) is 0 Å². The second kappa shape index (κ2) is 8.59. The van der Waals surface area contributed by atoms with Crippen LogP contribution in [0.1, 0.15) is 10.5 Å². The van der Waals surface area contributed by atoms with Crippen molar-refractivity contribution in [2.75, 3.05) is 27.2 Å². The van der Waals surface area contributed by atoms with Crippen LogP contribution >= 0.6 is 22.9 Å². The maximum atomic E-state index is 12.0. The van der Waals surface area contributed by atoms with E-state index in [0.717, 1.165) is 5.56 Å². The van der Waals surface area contributed by atoms with Crippen molar-refractivity contribution in [2.24, 2.45) is 0 Å². The summed E-state index contributed by atoms with van der Waals surface area (Å²) in [4.78, 5) is 40.4. The van der Waals surface area contributed by atoms with Gasteiger partial charge in [0.2, 0.25) is 5.91 Å². The molecule has 0 radical (unpaired) electrons. The zero-order valence-electron chi connectivity index (χ0n) is 13.6. The molecule has 1 N–H and O–H groups in total. The second-order valence-corrected chi connectivity index (χ2v) is 6.34. The Morgan fingerprint density at radius 2 is 2.12 bits per heavy atom. The Labute approximate surface area is 153 Å². The Balaban J connectivity index is 1.93. The average Bonchev–Trinajstić information content (AvgIpc) is 3.09. The summed E-state index contributed by atoms with van der Waals surface area (Å²) in [5.41, 5.74) is 0.902. The van der Waals surface area contributed by atoms with Gasteiger partial charge < -0.3 is 15.0 Å². The molecule has 0 saturated heterocycles. The molecule has 132 valence electrons. The number of likely N-dealkylation sites (N-methyl/N-ethyl adjacent to an activating group) is 2. The first-order chi connectivity index (χ1) is 11.9. The van der Waals surface area contributed by atoms with Crippen molar-refractivity contribution >= 4 is 40.7 Å². The molecule has 0 unspecified atom stereocenters. The molecule has 0 fully saturated rings. The third kappa shape index (κ3) is 5.27. The van der Waals surface area contributed by atoms with Crippen LogP contribution in [0.2, 0.25) is 5.02 Å². The highest BCUT2D eigenvalue weighted by Crippen LogP contribution is 2.26. The molecule has 0 atom stereocenters. The van der Waals surface area contributed by atoms with Gasteiger partial charge in [-0.3, -0.25) is 9.59 Å². The van der Waals surface area contributed by atoms with Crippen molar-refractivity contribution in [1.29, 1.82) is 0 Å². The number of hydrogen-bond acceptors (Lipinski definition) is 6. The number of rotatable bonds is 6. The summed E-state index contributed by atoms with van der Waals surface area (Å²) in [5, 5.41) is 5.15. The van der Waals surface area contributed by atoms with E-state index in [1.807, 2.05) is 6.07 Å². The van der Waals surface area contributed by atoms with Crippen molar-refractivity contribution in [3.8, 4) is 10.6 Å². The third-order valence-electron chi connectivity index (χ3n) is 3.20. The fraction of sp³-hybridized carbons (Fsp3) is 0.250. The first kappa shape index (κ1) is 18.9. The number of thiazole rings is 1. The number of ether oxygens (including phenoxy) is 1. The summed E-state index contributed by atoms with van der Waals surface area (Å²) in [5.74, 6) is -1.50. The molecule has 0 aliphatic heterocycles. The maximum absolute atomic E-state index is 12.0. The number of carbonyl (C=O) groups excluding carboxylic acids is 3. The molecule has 7 nitrogen and oxygen atoms in total. The lowest BCUT2D eigenvalue weighted by Gasteiger charge is -2.15. The van der Waals surface area contributed by atoms with Gasteiger partial charge in [0.15, 0.2) is 12.3 Å². The monoisotopic (exact) mass is 381 g/mol. The van der Waals surface area contributed by atoms with Crippen LogP contribution < -0.4 is 5.32 Å². The molecule has 1 aromatic heterocycles. The molecule has 2 rings (SSSR count). The average molecular weight is 382 g/mol. The number of hydrogen-bond donors (Lipinski definition) is 1. The molecule has 2 aromatic rings. The van der Waals surface area contributed by atoms with E-state index in [4.69, 9.17) is 16.3 Å². The molecule has 0 aliphatic rings. The molecule has 0 saturated carbocycles. The van der Waals surface area contributed by atoms with Crippen LogP contribution in [0.25, 0.3) is 10.6 Å². The Kier molecular flexibility index (Phi) is 6.49. The van der Waals surface area contributed by atoms with Gasteiger partial charge in [0.1, 0.15) is 5.01 Å². The van der Waals surface area contributed by atoms with Crippen LogP contribution in [-0.4, -0.2) is 54.9 Å². The minimum absolute atomic E-state index is 0.109. The van der Waals surface area contributed by atoms with Crippen molar-refractivity contribution in [2.45, 2.75) is 0 Å². The lowest BCUT2D eigenvalue weighted by molar-refractivity contribution is -0.137. The van der Waals surface area contributed by atoms with Gasteiger partial charge in [-0.05, 0) is 12.1 Å². The largest absolute Gasteiger partial charge is 0.451 e. The van der Waals surface area contributed by atoms with E-state index < -0.39 is 18.5 Å². The van der Waals surface area contributed by atoms with Crippen molar-refractivity contribution in [1.82, 2.24) is 15.2 Å². The SMILES string of the molecule is CNC(=O)CN(C)C(=O)COC(=O)c1csc(-c2cccc(Cl)c2)n1. The van der Waals surface area contributed by atoms with Gasteiger partial charge in [0, 0.05) is 30.1 Å². The molecule has 25 heavy (non-hydrogen) atoms. The van der Waals surface area contributed by atoms with E-state index in [-0.39, 0.29) is 18.1 Å². The number of aromatic nitrogens is 1. The van der Waals surface area contributed by atoms with Gasteiger partial charge in [-0.1, -0.05) is 23.7 Å². The zero-order chi connectivity index (χ0) is 18.4. The van der Waals surface area contributed by atoms with Gasteiger partial charge in [-0.15, -0.1) is 11.3 Å². The number of amides is 2. The lowest BCUT2D eigenvalue weighted by Crippen LogP contribution is -2.39. The van der Waals surface area contributed by atoms with Gasteiger partial charge in [-0.25, -0.2) is 9.78 Å². The number of nitrogens with zero attached hydrogens (tertiary/aromatic N) is 2. The molecule has 2 amide bonds. The van der Waals surface area contributed by atoms with Crippen LogP contribution in [-0.2, 0) is 14.3 Å². The Hall–Kier alpha value is -2.45. The Morgan fingerprint density at radius 3 is 2.80 bits per heavy atom. The van der Waals surface area contributed by atoms with E-state index in [1.165, 1.54) is 30.3 Å². The summed E-state index contributed by atoms with van der Waals surface area (Å²) < 4.78 is 4.96. The zero-order valence-corrected chi connectivity index (χ0v) is 15.2. The molecule has 0 spiro atoms. The summed E-state index contributed by atoms with van der Waals surface area (Å²) in [6, 6.07) is 7.11. The highest BCUT2D eigenvalue weighted by Gasteiger charge is 2.17. The Bertz CT molecular complexity index is 793. The van der Waals surface area contributed by atoms with Crippen LogP contribution in [0.4, 0.5) is 0 Å². The van der Waals surface area contributed by atoms with Crippen molar-refractivity contribution in [3.63, 3.8) is 0 Å². The summed E-state index contributed by atoms with van der Waals surface area (Å²) >= 11 is 7.21. The molecular formula is C16H16ClN3O4S. The van der Waals surface area contributed by atoms with Crippen LogP contribution in [0.15, 0.2) is 29.6 Å². The predicted octanol–water partition coefficient (Wildman–Crippen LogP) is 1.82. The molecule has 0 aliphatic carbocycles. The van der Waals surface area contributed by atoms with Crippen molar-refractivity contribution < 1.29 is 19.1 Å². The number of nitrogens with one attached hydrogen (secondary N) is 1. The molecule has 1 heterocycles. The summed E-state index contributed by atoms with van der Waals surface area (Å²) in [6.07, 6.45) is 0. The van der Waals surface area contributed by atoms with E-state index in [0.29, 0.717) is 10.0 Å². The van der Waals surface area contributed by atoms with Gasteiger partial charge in [0.25, 0.3) is 5.91 Å². The fourth-order valence-corrected chi connectivity index (χ4v) is 2.79. The van der Waals surface area contributed by atoms with E-state index in [1.54, 1.807) is 23.6 Å². The quantitative estimate of drug-likeness (QED) is 0.771. The highest BCUT2D eigenvalue weighted by atomic mass is 35.5. The summed E-state index contributed by atoms with van der Waals surface area (Å²) in [6.45, 7) is -0.571. The second-order valence-electron chi connectivity index (χ2n) is 5.05. The molecular weight excluding hydrogens is 366 g/mol. The molecule has 0 bridgehead atoms. The molecule has 1 aromatic carbocycles. The fourth-order valence-electron chi connectivity index (χ4n) is 1.82. The first-order valence-corrected chi connectivity index (χ1v) is 8.49. The van der Waals surface area contributed by atoms with E-state index >= 15 is 0 Å². The topological polar surface area (TPSA) is 88.6 Å². The highest BCUT2D eigenvalue weighted by molar-refractivity contribution is 7.13. The number of benzene rings is 1. The maximum Gasteiger partial charge on any atom is 0.358 e. The van der Waals surface area contributed by atoms with Crippen LogP contribution in [0, 0.1) is 0 Å². The molecule has 9 heteroatoms. The number of carbonyl (C=O) groups is 3. The van der Waals surface area contributed by atoms with Crippen LogP contribution in [0.3, 0.4) is 0 Å². The van der Waals surface area contributed by atoms with Gasteiger partial charge in [-0.2, -0.15) is 0 Å². The summed E-state index contributed by atoms with van der Waals surface area (Å²) in [7, 11) is 2.92. The van der Waals surface area contributed by atoms with E-state index in [2.05, 4.69) is 10.3 Å². The van der Waals surface area contributed by atoms with Crippen molar-refractivity contribution in [3.05, 3.63) is 40.4 Å². The Morgan fingerprint density at radius 1 is 1.36 bits per heavy atom. The van der Waals surface area contributed by atoms with E-state index in [9.17, 15) is 14.4 Å². The normalized spacial score (nSPS) is 10.2. The first-order valence-electron chi connectivity index (χ1n) is 7.24. The van der Waals surface area contributed by atoms with Gasteiger partial charge in [0.05, 0.1) is 6.54 Å². The number of esters is 1. The van der Waals surface area contributed by atoms with Gasteiger partial charge >= 0.3 is 5.97 Å².